The molecule has 0 aliphatic heterocycles. The zero-order valence-corrected chi connectivity index (χ0v) is 12.8. The van der Waals surface area contributed by atoms with Gasteiger partial charge >= 0.3 is 0 Å². The van der Waals surface area contributed by atoms with Gasteiger partial charge in [-0.1, -0.05) is 12.1 Å². The third kappa shape index (κ3) is 2.97. The van der Waals surface area contributed by atoms with Crippen LogP contribution in [0.15, 0.2) is 35.3 Å². The topological polar surface area (TPSA) is 31.2 Å². The Balaban J connectivity index is 2.42. The van der Waals surface area contributed by atoms with Crippen LogP contribution < -0.4 is 10.3 Å². The Hall–Kier alpha value is -1.37. The van der Waals surface area contributed by atoms with E-state index in [9.17, 15) is 9.18 Å². The Morgan fingerprint density at radius 2 is 2.16 bits per heavy atom. The van der Waals surface area contributed by atoms with Crippen molar-refractivity contribution in [2.24, 2.45) is 0 Å². The van der Waals surface area contributed by atoms with Crippen molar-refractivity contribution in [3.05, 3.63) is 61.3 Å². The van der Waals surface area contributed by atoms with E-state index in [1.807, 2.05) is 6.92 Å². The average molecular weight is 373 g/mol. The zero-order chi connectivity index (χ0) is 14.0. The SMILES string of the molecule is COc1cccc(Cn2cc(I)c(C)cc2=O)c1F. The van der Waals surface area contributed by atoms with Crippen LogP contribution >= 0.6 is 22.6 Å². The first kappa shape index (κ1) is 14.0. The minimum Gasteiger partial charge on any atom is -0.494 e. The highest BCUT2D eigenvalue weighted by molar-refractivity contribution is 14.1. The molecule has 0 saturated heterocycles. The molecule has 0 atom stereocenters. The molecule has 100 valence electrons. The second-order valence-corrected chi connectivity index (χ2v) is 5.37. The summed E-state index contributed by atoms with van der Waals surface area (Å²) in [6.45, 7) is 2.07. The lowest BCUT2D eigenvalue weighted by Crippen LogP contribution is -2.21. The standard InChI is InChI=1S/C14H13FINO2/c1-9-6-13(18)17(8-11(9)16)7-10-4-3-5-12(19-2)14(10)15/h3-6,8H,7H2,1-2H3. The maximum absolute atomic E-state index is 14.0. The summed E-state index contributed by atoms with van der Waals surface area (Å²) < 4.78 is 21.4. The van der Waals surface area contributed by atoms with E-state index in [2.05, 4.69) is 22.6 Å². The fourth-order valence-electron chi connectivity index (χ4n) is 1.78. The van der Waals surface area contributed by atoms with Crippen molar-refractivity contribution in [1.82, 2.24) is 4.57 Å². The van der Waals surface area contributed by atoms with Gasteiger partial charge in [-0.05, 0) is 41.1 Å². The van der Waals surface area contributed by atoms with Crippen LogP contribution in [0.1, 0.15) is 11.1 Å². The first-order valence-corrected chi connectivity index (χ1v) is 6.78. The molecule has 0 saturated carbocycles. The predicted molar refractivity (Wildman–Crippen MR) is 80.2 cm³/mol. The lowest BCUT2D eigenvalue weighted by Gasteiger charge is -2.10. The molecule has 0 amide bonds. The van der Waals surface area contributed by atoms with Crippen LogP contribution in [0.25, 0.3) is 0 Å². The maximum atomic E-state index is 14.0. The fraction of sp³-hybridized carbons (Fsp3) is 0.214. The highest BCUT2D eigenvalue weighted by atomic mass is 127. The number of halogens is 2. The summed E-state index contributed by atoms with van der Waals surface area (Å²) in [5, 5.41) is 0. The molecule has 0 spiro atoms. The van der Waals surface area contributed by atoms with Gasteiger partial charge in [0.25, 0.3) is 5.56 Å². The fourth-order valence-corrected chi connectivity index (χ4v) is 2.27. The van der Waals surface area contributed by atoms with Crippen molar-refractivity contribution in [3.63, 3.8) is 0 Å². The molecule has 2 rings (SSSR count). The van der Waals surface area contributed by atoms with Crippen LogP contribution in [0.4, 0.5) is 4.39 Å². The summed E-state index contributed by atoms with van der Waals surface area (Å²) in [7, 11) is 1.42. The average Bonchev–Trinajstić information content (AvgIpc) is 2.38. The van der Waals surface area contributed by atoms with Gasteiger partial charge in [-0.25, -0.2) is 4.39 Å². The van der Waals surface area contributed by atoms with Crippen molar-refractivity contribution >= 4 is 22.6 Å². The molecule has 3 nitrogen and oxygen atoms in total. The van der Waals surface area contributed by atoms with E-state index in [-0.39, 0.29) is 17.9 Å². The Morgan fingerprint density at radius 1 is 1.42 bits per heavy atom. The first-order chi connectivity index (χ1) is 9.02. The minimum atomic E-state index is -0.424. The summed E-state index contributed by atoms with van der Waals surface area (Å²) in [5.41, 5.74) is 1.22. The molecule has 19 heavy (non-hydrogen) atoms. The molecule has 2 aromatic rings. The number of benzene rings is 1. The Morgan fingerprint density at radius 3 is 2.84 bits per heavy atom. The van der Waals surface area contributed by atoms with E-state index in [4.69, 9.17) is 4.74 Å². The molecule has 5 heteroatoms. The Kier molecular flexibility index (Phi) is 4.24. The highest BCUT2D eigenvalue weighted by Gasteiger charge is 2.10. The van der Waals surface area contributed by atoms with Gasteiger partial charge in [0, 0.05) is 21.4 Å². The molecule has 0 aliphatic carbocycles. The number of aromatic nitrogens is 1. The van der Waals surface area contributed by atoms with Crippen molar-refractivity contribution in [1.29, 1.82) is 0 Å². The molecule has 1 aromatic heterocycles. The van der Waals surface area contributed by atoms with Crippen LogP contribution in [0, 0.1) is 16.3 Å². The van der Waals surface area contributed by atoms with Crippen molar-refractivity contribution in [3.8, 4) is 5.75 Å². The summed E-state index contributed by atoms with van der Waals surface area (Å²) in [5.74, 6) is -0.236. The van der Waals surface area contributed by atoms with Gasteiger partial charge in [0.15, 0.2) is 11.6 Å². The van der Waals surface area contributed by atoms with Crippen LogP contribution in [0.3, 0.4) is 0 Å². The second-order valence-electron chi connectivity index (χ2n) is 4.20. The molecule has 0 fully saturated rings. The lowest BCUT2D eigenvalue weighted by atomic mass is 10.2. The molecule has 0 unspecified atom stereocenters. The normalized spacial score (nSPS) is 10.5. The summed E-state index contributed by atoms with van der Waals surface area (Å²) in [4.78, 5) is 11.9. The molecule has 0 bridgehead atoms. The van der Waals surface area contributed by atoms with Gasteiger partial charge < -0.3 is 9.30 Å². The largest absolute Gasteiger partial charge is 0.494 e. The van der Waals surface area contributed by atoms with E-state index in [1.165, 1.54) is 11.7 Å². The lowest BCUT2D eigenvalue weighted by molar-refractivity contribution is 0.383. The quantitative estimate of drug-likeness (QED) is 0.775. The summed E-state index contributed by atoms with van der Waals surface area (Å²) in [6.07, 6.45) is 1.73. The van der Waals surface area contributed by atoms with Crippen LogP contribution in [-0.4, -0.2) is 11.7 Å². The smallest absolute Gasteiger partial charge is 0.251 e. The molecule has 1 heterocycles. The van der Waals surface area contributed by atoms with Gasteiger partial charge in [0.2, 0.25) is 0 Å². The highest BCUT2D eigenvalue weighted by Crippen LogP contribution is 2.20. The van der Waals surface area contributed by atoms with Gasteiger partial charge in [0.1, 0.15) is 0 Å². The minimum absolute atomic E-state index is 0.139. The molecule has 0 N–H and O–H groups in total. The van der Waals surface area contributed by atoms with Crippen LogP contribution in [-0.2, 0) is 6.54 Å². The van der Waals surface area contributed by atoms with E-state index in [1.54, 1.807) is 30.5 Å². The van der Waals surface area contributed by atoms with Gasteiger partial charge in [-0.3, -0.25) is 4.79 Å². The van der Waals surface area contributed by atoms with Crippen molar-refractivity contribution in [2.75, 3.05) is 7.11 Å². The monoisotopic (exact) mass is 373 g/mol. The number of hydrogen-bond acceptors (Lipinski definition) is 2. The Labute approximate surface area is 124 Å². The van der Waals surface area contributed by atoms with Gasteiger partial charge in [0.05, 0.1) is 13.7 Å². The predicted octanol–water partition coefficient (Wildman–Crippen LogP) is 2.96. The number of ether oxygens (including phenoxy) is 1. The van der Waals surface area contributed by atoms with Crippen LogP contribution in [0.5, 0.6) is 5.75 Å². The third-order valence-electron chi connectivity index (χ3n) is 2.87. The van der Waals surface area contributed by atoms with E-state index >= 15 is 0 Å². The number of pyridine rings is 1. The zero-order valence-electron chi connectivity index (χ0n) is 10.6. The van der Waals surface area contributed by atoms with Gasteiger partial charge in [-0.15, -0.1) is 0 Å². The Bertz CT molecular complexity index is 667. The third-order valence-corrected chi connectivity index (χ3v) is 4.00. The molecule has 1 aromatic carbocycles. The van der Waals surface area contributed by atoms with Crippen molar-refractivity contribution < 1.29 is 9.13 Å². The second kappa shape index (κ2) is 5.73. The number of rotatable bonds is 3. The molecular weight excluding hydrogens is 360 g/mol. The number of aryl methyl sites for hydroxylation is 1. The van der Waals surface area contributed by atoms with E-state index < -0.39 is 5.82 Å². The summed E-state index contributed by atoms with van der Waals surface area (Å²) in [6, 6.07) is 6.47. The first-order valence-electron chi connectivity index (χ1n) is 5.71. The number of nitrogens with zero attached hydrogens (tertiary/aromatic N) is 1. The maximum Gasteiger partial charge on any atom is 0.251 e. The van der Waals surface area contributed by atoms with Gasteiger partial charge in [-0.2, -0.15) is 0 Å². The van der Waals surface area contributed by atoms with E-state index in [0.29, 0.717) is 5.56 Å². The molecular formula is C14H13FINO2. The van der Waals surface area contributed by atoms with Crippen LogP contribution in [0.2, 0.25) is 0 Å². The summed E-state index contributed by atoms with van der Waals surface area (Å²) >= 11 is 2.15. The molecule has 0 radical (unpaired) electrons. The van der Waals surface area contributed by atoms with Crippen molar-refractivity contribution in [2.45, 2.75) is 13.5 Å². The van der Waals surface area contributed by atoms with E-state index in [0.717, 1.165) is 9.13 Å². The number of methoxy groups -OCH3 is 1. The molecule has 0 aliphatic rings. The number of hydrogen-bond donors (Lipinski definition) is 0.